The van der Waals surface area contributed by atoms with Crippen molar-refractivity contribution in [3.05, 3.63) is 46.8 Å². The van der Waals surface area contributed by atoms with Crippen LogP contribution in [0.4, 0.5) is 5.69 Å². The van der Waals surface area contributed by atoms with Crippen LogP contribution in [0.5, 0.6) is 0 Å². The number of nitrogens with one attached hydrogen (secondary N) is 2. The van der Waals surface area contributed by atoms with Gasteiger partial charge in [-0.3, -0.25) is 9.59 Å². The summed E-state index contributed by atoms with van der Waals surface area (Å²) in [5.41, 5.74) is 2.46. The Bertz CT molecular complexity index is 835. The molecule has 1 aliphatic rings. The van der Waals surface area contributed by atoms with E-state index in [4.69, 9.17) is 4.52 Å². The molecule has 0 saturated heterocycles. The smallest absolute Gasteiger partial charge is 0.251 e. The van der Waals surface area contributed by atoms with Crippen molar-refractivity contribution in [1.29, 1.82) is 0 Å². The summed E-state index contributed by atoms with van der Waals surface area (Å²) >= 11 is 0. The Morgan fingerprint density at radius 2 is 2.00 bits per heavy atom. The van der Waals surface area contributed by atoms with E-state index in [-0.39, 0.29) is 18.4 Å². The highest BCUT2D eigenvalue weighted by Gasteiger charge is 2.38. The predicted molar refractivity (Wildman–Crippen MR) is 99.1 cm³/mol. The predicted octanol–water partition coefficient (Wildman–Crippen LogP) is 3.74. The quantitative estimate of drug-likeness (QED) is 0.827. The lowest BCUT2D eigenvalue weighted by Crippen LogP contribution is -2.26. The minimum Gasteiger partial charge on any atom is -0.359 e. The molecule has 1 aliphatic heterocycles. The fourth-order valence-electron chi connectivity index (χ4n) is 3.32. The van der Waals surface area contributed by atoms with Gasteiger partial charge in [0.25, 0.3) is 5.91 Å². The molecule has 2 heterocycles. The van der Waals surface area contributed by atoms with E-state index in [2.05, 4.69) is 29.6 Å². The lowest BCUT2D eigenvalue weighted by Gasteiger charge is -2.14. The van der Waals surface area contributed by atoms with E-state index in [1.165, 1.54) is 0 Å². The zero-order chi connectivity index (χ0) is 18.9. The van der Waals surface area contributed by atoms with E-state index in [0.29, 0.717) is 22.9 Å². The third-order valence-electron chi connectivity index (χ3n) is 5.18. The molecule has 6 heteroatoms. The lowest BCUT2D eigenvalue weighted by molar-refractivity contribution is -0.119. The maximum Gasteiger partial charge on any atom is 0.251 e. The molecule has 2 N–H and O–H groups in total. The van der Waals surface area contributed by atoms with E-state index in [0.717, 1.165) is 24.1 Å². The third kappa shape index (κ3) is 3.23. The zero-order valence-electron chi connectivity index (χ0n) is 15.7. The van der Waals surface area contributed by atoms with Crippen LogP contribution in [0.1, 0.15) is 73.8 Å². The Morgan fingerprint density at radius 1 is 1.27 bits per heavy atom. The number of hydrogen-bond donors (Lipinski definition) is 2. The van der Waals surface area contributed by atoms with Gasteiger partial charge >= 0.3 is 0 Å². The SMILES string of the molecule is CCC(CC)c1cc(CNC(=O)c2ccc3c(c2)NC(=O)C3(C)C)on1. The first-order chi connectivity index (χ1) is 12.4. The molecule has 1 aromatic heterocycles. The summed E-state index contributed by atoms with van der Waals surface area (Å²) in [5, 5.41) is 9.79. The molecule has 6 nitrogen and oxygen atoms in total. The van der Waals surface area contributed by atoms with E-state index < -0.39 is 5.41 Å². The average molecular weight is 355 g/mol. The number of rotatable bonds is 6. The molecular weight excluding hydrogens is 330 g/mol. The molecular formula is C20H25N3O3. The molecule has 2 amide bonds. The lowest BCUT2D eigenvalue weighted by atomic mass is 9.86. The Kier molecular flexibility index (Phi) is 4.85. The Balaban J connectivity index is 1.67. The summed E-state index contributed by atoms with van der Waals surface area (Å²) in [7, 11) is 0. The monoisotopic (exact) mass is 355 g/mol. The maximum atomic E-state index is 12.4. The van der Waals surface area contributed by atoms with Crippen molar-refractivity contribution < 1.29 is 14.1 Å². The molecule has 0 unspecified atom stereocenters. The highest BCUT2D eigenvalue weighted by Crippen LogP contribution is 2.37. The largest absolute Gasteiger partial charge is 0.359 e. The van der Waals surface area contributed by atoms with Crippen molar-refractivity contribution in [2.75, 3.05) is 5.32 Å². The molecule has 138 valence electrons. The number of anilines is 1. The van der Waals surface area contributed by atoms with Crippen LogP contribution in [-0.2, 0) is 16.8 Å². The summed E-state index contributed by atoms with van der Waals surface area (Å²) in [6.07, 6.45) is 2.01. The Morgan fingerprint density at radius 3 is 2.69 bits per heavy atom. The second-order valence-corrected chi connectivity index (χ2v) is 7.25. The van der Waals surface area contributed by atoms with Crippen molar-refractivity contribution in [1.82, 2.24) is 10.5 Å². The number of nitrogens with zero attached hydrogens (tertiary/aromatic N) is 1. The number of hydrogen-bond acceptors (Lipinski definition) is 4. The summed E-state index contributed by atoms with van der Waals surface area (Å²) in [6.45, 7) is 8.27. The first-order valence-electron chi connectivity index (χ1n) is 9.06. The average Bonchev–Trinajstić information content (AvgIpc) is 3.17. The fourth-order valence-corrected chi connectivity index (χ4v) is 3.32. The number of carbonyl (C=O) groups is 2. The van der Waals surface area contributed by atoms with Gasteiger partial charge in [-0.15, -0.1) is 0 Å². The van der Waals surface area contributed by atoms with E-state index in [1.807, 2.05) is 26.0 Å². The Labute approximate surface area is 153 Å². The highest BCUT2D eigenvalue weighted by atomic mass is 16.5. The number of benzene rings is 1. The second kappa shape index (κ2) is 6.94. The molecule has 0 bridgehead atoms. The van der Waals surface area contributed by atoms with Crippen LogP contribution in [0, 0.1) is 0 Å². The van der Waals surface area contributed by atoms with E-state index in [9.17, 15) is 9.59 Å². The van der Waals surface area contributed by atoms with Gasteiger partial charge in [-0.1, -0.05) is 25.1 Å². The van der Waals surface area contributed by atoms with Crippen LogP contribution in [-0.4, -0.2) is 17.0 Å². The van der Waals surface area contributed by atoms with Crippen molar-refractivity contribution >= 4 is 17.5 Å². The van der Waals surface area contributed by atoms with Crippen LogP contribution in [0.2, 0.25) is 0 Å². The number of fused-ring (bicyclic) bond motifs is 1. The minimum atomic E-state index is -0.574. The fraction of sp³-hybridized carbons (Fsp3) is 0.450. The van der Waals surface area contributed by atoms with E-state index in [1.54, 1.807) is 12.1 Å². The molecule has 0 atom stereocenters. The van der Waals surface area contributed by atoms with Gasteiger partial charge in [0.15, 0.2) is 5.76 Å². The molecule has 0 saturated carbocycles. The Hall–Kier alpha value is -2.63. The van der Waals surface area contributed by atoms with Crippen molar-refractivity contribution in [3.63, 3.8) is 0 Å². The number of amides is 2. The minimum absolute atomic E-state index is 0.0550. The van der Waals surface area contributed by atoms with E-state index >= 15 is 0 Å². The molecule has 0 aliphatic carbocycles. The molecule has 0 radical (unpaired) electrons. The maximum absolute atomic E-state index is 12.4. The third-order valence-corrected chi connectivity index (χ3v) is 5.18. The summed E-state index contributed by atoms with van der Waals surface area (Å²) in [5.74, 6) is 0.746. The van der Waals surface area contributed by atoms with Gasteiger partial charge in [-0.2, -0.15) is 0 Å². The normalized spacial score (nSPS) is 15.0. The molecule has 26 heavy (non-hydrogen) atoms. The van der Waals surface area contributed by atoms with Gasteiger partial charge < -0.3 is 15.2 Å². The van der Waals surface area contributed by atoms with Gasteiger partial charge in [-0.25, -0.2) is 0 Å². The van der Waals surface area contributed by atoms with Crippen LogP contribution in [0.25, 0.3) is 0 Å². The summed E-state index contributed by atoms with van der Waals surface area (Å²) in [4.78, 5) is 24.4. The second-order valence-electron chi connectivity index (χ2n) is 7.25. The standard InChI is InChI=1S/C20H25N3O3/c1-5-12(6-2)16-10-14(26-23-16)11-21-18(24)13-7-8-15-17(9-13)22-19(25)20(15,3)4/h7-10,12H,5-6,11H2,1-4H3,(H,21,24)(H,22,25). The van der Waals surface area contributed by atoms with Gasteiger partial charge in [0.1, 0.15) is 0 Å². The van der Waals surface area contributed by atoms with Gasteiger partial charge in [-0.05, 0) is 44.4 Å². The van der Waals surface area contributed by atoms with Crippen molar-refractivity contribution in [3.8, 4) is 0 Å². The number of carbonyl (C=O) groups excluding carboxylic acids is 2. The number of aromatic nitrogens is 1. The van der Waals surface area contributed by atoms with Crippen LogP contribution >= 0.6 is 0 Å². The topological polar surface area (TPSA) is 84.2 Å². The zero-order valence-corrected chi connectivity index (χ0v) is 15.7. The molecule has 1 aromatic carbocycles. The summed E-state index contributed by atoms with van der Waals surface area (Å²) in [6, 6.07) is 7.20. The van der Waals surface area contributed by atoms with Crippen molar-refractivity contribution in [2.45, 2.75) is 58.4 Å². The molecule has 0 fully saturated rings. The first kappa shape index (κ1) is 18.2. The van der Waals surface area contributed by atoms with Gasteiger partial charge in [0.2, 0.25) is 5.91 Å². The van der Waals surface area contributed by atoms with Crippen LogP contribution in [0.15, 0.2) is 28.8 Å². The van der Waals surface area contributed by atoms with Gasteiger partial charge in [0, 0.05) is 23.2 Å². The highest BCUT2D eigenvalue weighted by molar-refractivity contribution is 6.07. The first-order valence-corrected chi connectivity index (χ1v) is 9.06. The summed E-state index contributed by atoms with van der Waals surface area (Å²) < 4.78 is 5.33. The van der Waals surface area contributed by atoms with Crippen LogP contribution < -0.4 is 10.6 Å². The molecule has 3 rings (SSSR count). The van der Waals surface area contributed by atoms with Crippen LogP contribution in [0.3, 0.4) is 0 Å². The van der Waals surface area contributed by atoms with Gasteiger partial charge in [0.05, 0.1) is 17.7 Å². The molecule has 0 spiro atoms. The molecule has 2 aromatic rings. The van der Waals surface area contributed by atoms with Crippen molar-refractivity contribution in [2.24, 2.45) is 0 Å².